The van der Waals surface area contributed by atoms with Crippen LogP contribution in [0.1, 0.15) is 48.0 Å². The SMILES string of the molecule is C=C(C)C(=O)OCC(CC)(COC(=O)C(=C)C)COC(=O)C(=C)C.C=CC(=O)OCC(C)(C)COC(=O)C=C. The highest BCUT2D eigenvalue weighted by atomic mass is 16.6. The van der Waals surface area contributed by atoms with E-state index in [1.54, 1.807) is 0 Å². The summed E-state index contributed by atoms with van der Waals surface area (Å²) < 4.78 is 25.2. The fourth-order valence-corrected chi connectivity index (χ4v) is 2.15. The lowest BCUT2D eigenvalue weighted by Crippen LogP contribution is -2.39. The zero-order chi connectivity index (χ0) is 30.8. The second-order valence-electron chi connectivity index (χ2n) is 9.71. The van der Waals surface area contributed by atoms with E-state index in [0.717, 1.165) is 12.2 Å². The molecule has 0 saturated carbocycles. The maximum atomic E-state index is 11.6. The number of esters is 5. The monoisotopic (exact) mass is 550 g/mol. The molecule has 0 unspecified atom stereocenters. The second kappa shape index (κ2) is 18.3. The first kappa shape index (κ1) is 37.2. The van der Waals surface area contributed by atoms with E-state index in [4.69, 9.17) is 23.7 Å². The predicted octanol–water partition coefficient (Wildman–Crippen LogP) is 4.21. The molecule has 0 fully saturated rings. The van der Waals surface area contributed by atoms with Crippen LogP contribution < -0.4 is 0 Å². The van der Waals surface area contributed by atoms with Gasteiger partial charge in [0.15, 0.2) is 0 Å². The highest BCUT2D eigenvalue weighted by molar-refractivity contribution is 5.88. The van der Waals surface area contributed by atoms with Crippen molar-refractivity contribution in [2.75, 3.05) is 33.0 Å². The minimum atomic E-state index is -0.860. The molecule has 0 aliphatic heterocycles. The maximum Gasteiger partial charge on any atom is 0.333 e. The van der Waals surface area contributed by atoms with Gasteiger partial charge in [0.05, 0.1) is 18.6 Å². The molecule has 218 valence electrons. The van der Waals surface area contributed by atoms with Crippen molar-refractivity contribution in [3.63, 3.8) is 0 Å². The first-order valence-corrected chi connectivity index (χ1v) is 12.0. The number of hydrogen-bond donors (Lipinski definition) is 0. The Labute approximate surface area is 231 Å². The van der Waals surface area contributed by atoms with Crippen molar-refractivity contribution in [2.24, 2.45) is 10.8 Å². The average Bonchev–Trinajstić information content (AvgIpc) is 2.89. The number of hydrogen-bond acceptors (Lipinski definition) is 10. The summed E-state index contributed by atoms with van der Waals surface area (Å²) in [5.41, 5.74) is -0.535. The Bertz CT molecular complexity index is 855. The largest absolute Gasteiger partial charge is 0.462 e. The van der Waals surface area contributed by atoms with E-state index in [-0.39, 0.29) is 49.8 Å². The van der Waals surface area contributed by atoms with E-state index < -0.39 is 40.7 Å². The van der Waals surface area contributed by atoms with Gasteiger partial charge in [-0.15, -0.1) is 0 Å². The Kier molecular flexibility index (Phi) is 17.5. The molecule has 0 aromatic rings. The Morgan fingerprint density at radius 2 is 0.872 bits per heavy atom. The third kappa shape index (κ3) is 17.2. The minimum absolute atomic E-state index is 0.0812. The quantitative estimate of drug-likeness (QED) is 0.156. The van der Waals surface area contributed by atoms with Gasteiger partial charge in [0, 0.05) is 34.3 Å². The molecule has 10 nitrogen and oxygen atoms in total. The molecule has 0 rings (SSSR count). The summed E-state index contributed by atoms with van der Waals surface area (Å²) in [7, 11) is 0. The highest BCUT2D eigenvalue weighted by Crippen LogP contribution is 2.25. The molecular formula is C29H42O10. The van der Waals surface area contributed by atoms with Gasteiger partial charge < -0.3 is 23.7 Å². The normalized spacial score (nSPS) is 10.4. The summed E-state index contributed by atoms with van der Waals surface area (Å²) in [5.74, 6) is -2.67. The van der Waals surface area contributed by atoms with E-state index in [9.17, 15) is 24.0 Å². The first-order valence-electron chi connectivity index (χ1n) is 12.0. The molecule has 0 amide bonds. The van der Waals surface area contributed by atoms with Crippen LogP contribution in [-0.2, 0) is 47.7 Å². The summed E-state index contributed by atoms with van der Waals surface area (Å²) >= 11 is 0. The molecule has 39 heavy (non-hydrogen) atoms. The Morgan fingerprint density at radius 3 is 1.08 bits per heavy atom. The van der Waals surface area contributed by atoms with Crippen LogP contribution >= 0.6 is 0 Å². The molecule has 0 aliphatic rings. The van der Waals surface area contributed by atoms with Gasteiger partial charge in [0.2, 0.25) is 0 Å². The van der Waals surface area contributed by atoms with Crippen LogP contribution in [0, 0.1) is 10.8 Å². The van der Waals surface area contributed by atoms with Crippen molar-refractivity contribution in [1.29, 1.82) is 0 Å². The highest BCUT2D eigenvalue weighted by Gasteiger charge is 2.34. The standard InChI is InChI=1S/C18H26O6.C11H16O4/c1-8-18(9-22-15(19)12(2)3,10-23-16(20)13(4)5)11-24-17(21)14(6)7;1-5-9(12)14-7-11(3,4)8-15-10(13)6-2/h2,4,6,8-11H2,1,3,5,7H3;5-6H,1-2,7-8H2,3-4H3. The van der Waals surface area contributed by atoms with Crippen molar-refractivity contribution < 1.29 is 47.7 Å². The first-order chi connectivity index (χ1) is 18.0. The van der Waals surface area contributed by atoms with E-state index in [0.29, 0.717) is 6.42 Å². The molecule has 0 bridgehead atoms. The zero-order valence-electron chi connectivity index (χ0n) is 24.0. The Balaban J connectivity index is 0. The molecule has 0 spiro atoms. The topological polar surface area (TPSA) is 132 Å². The van der Waals surface area contributed by atoms with Gasteiger partial charge in [-0.1, -0.05) is 53.7 Å². The summed E-state index contributed by atoms with van der Waals surface area (Å²) in [6.45, 7) is 27.2. The molecule has 0 atom stereocenters. The third-order valence-electron chi connectivity index (χ3n) is 4.87. The van der Waals surface area contributed by atoms with Gasteiger partial charge in [-0.2, -0.15) is 0 Å². The lowest BCUT2D eigenvalue weighted by molar-refractivity contribution is -0.157. The van der Waals surface area contributed by atoms with Crippen LogP contribution in [0.3, 0.4) is 0 Å². The van der Waals surface area contributed by atoms with E-state index in [1.807, 2.05) is 20.8 Å². The molecule has 10 heteroatoms. The summed E-state index contributed by atoms with van der Waals surface area (Å²) in [6.07, 6.45) is 2.63. The average molecular weight is 551 g/mol. The molecule has 0 N–H and O–H groups in total. The van der Waals surface area contributed by atoms with Gasteiger partial charge in [-0.3, -0.25) is 0 Å². The lowest BCUT2D eigenvalue weighted by atomic mass is 9.88. The second-order valence-corrected chi connectivity index (χ2v) is 9.71. The van der Waals surface area contributed by atoms with Crippen LogP contribution in [0.25, 0.3) is 0 Å². The van der Waals surface area contributed by atoms with Gasteiger partial charge >= 0.3 is 29.8 Å². The Hall–Kier alpha value is -3.95. The molecule has 0 radical (unpaired) electrons. The van der Waals surface area contributed by atoms with Gasteiger partial charge in [-0.25, -0.2) is 24.0 Å². The lowest BCUT2D eigenvalue weighted by Gasteiger charge is -2.31. The number of rotatable bonds is 16. The predicted molar refractivity (Wildman–Crippen MR) is 146 cm³/mol. The summed E-state index contributed by atoms with van der Waals surface area (Å²) in [5, 5.41) is 0. The Morgan fingerprint density at radius 1 is 0.590 bits per heavy atom. The van der Waals surface area contributed by atoms with Gasteiger partial charge in [-0.05, 0) is 27.2 Å². The fraction of sp³-hybridized carbons (Fsp3) is 0.483. The molecule has 0 aliphatic carbocycles. The third-order valence-corrected chi connectivity index (χ3v) is 4.87. The van der Waals surface area contributed by atoms with Crippen molar-refractivity contribution in [2.45, 2.75) is 48.0 Å². The van der Waals surface area contributed by atoms with Crippen LogP contribution in [0.2, 0.25) is 0 Å². The van der Waals surface area contributed by atoms with Crippen LogP contribution in [0.5, 0.6) is 0 Å². The minimum Gasteiger partial charge on any atom is -0.462 e. The maximum absolute atomic E-state index is 11.6. The summed E-state index contributed by atoms with van der Waals surface area (Å²) in [6, 6.07) is 0. The smallest absolute Gasteiger partial charge is 0.333 e. The van der Waals surface area contributed by atoms with Crippen LogP contribution in [-0.4, -0.2) is 62.9 Å². The van der Waals surface area contributed by atoms with Crippen molar-refractivity contribution in [1.82, 2.24) is 0 Å². The van der Waals surface area contributed by atoms with Gasteiger partial charge in [0.1, 0.15) is 19.8 Å². The molecule has 0 aromatic carbocycles. The number of carbonyl (C=O) groups excluding carboxylic acids is 5. The van der Waals surface area contributed by atoms with Gasteiger partial charge in [0.25, 0.3) is 0 Å². The van der Waals surface area contributed by atoms with Crippen molar-refractivity contribution in [3.05, 3.63) is 61.8 Å². The number of carbonyl (C=O) groups is 5. The molecular weight excluding hydrogens is 508 g/mol. The molecule has 0 heterocycles. The van der Waals surface area contributed by atoms with E-state index >= 15 is 0 Å². The van der Waals surface area contributed by atoms with Crippen LogP contribution in [0.4, 0.5) is 0 Å². The fourth-order valence-electron chi connectivity index (χ4n) is 2.15. The summed E-state index contributed by atoms with van der Waals surface area (Å²) in [4.78, 5) is 56.5. The van der Waals surface area contributed by atoms with E-state index in [2.05, 4.69) is 32.9 Å². The van der Waals surface area contributed by atoms with Crippen molar-refractivity contribution >= 4 is 29.8 Å². The van der Waals surface area contributed by atoms with Crippen molar-refractivity contribution in [3.8, 4) is 0 Å². The van der Waals surface area contributed by atoms with Crippen LogP contribution in [0.15, 0.2) is 61.8 Å². The molecule has 0 aromatic heterocycles. The molecule has 0 saturated heterocycles. The zero-order valence-corrected chi connectivity index (χ0v) is 24.0. The van der Waals surface area contributed by atoms with E-state index in [1.165, 1.54) is 20.8 Å². The number of ether oxygens (including phenoxy) is 5.